The molecule has 8 heteroatoms. The number of nitrogens with zero attached hydrogens (tertiary/aromatic N) is 2. The molecule has 6 nitrogen and oxygen atoms in total. The second kappa shape index (κ2) is 11.9. The average molecular weight is 471 g/mol. The standard InChI is InChI=1S/C22H23F2N3O.C4H9NO/c1-4-6-15(7-5-2)19-18-12-13-27(20(18)26-14-25-19)21(28)16-8-10-17(11-9-16)22(3,23)24;1-3-6-4-2-5-1/h4-11,14,20H,1,12-13H2,2-3H3,(H,25,26);5H,1-4H2/b7-5+,15-6+;. The van der Waals surface area contributed by atoms with Gasteiger partial charge in [0.1, 0.15) is 6.17 Å². The van der Waals surface area contributed by atoms with Crippen LogP contribution in [-0.4, -0.2) is 56.2 Å². The minimum Gasteiger partial charge on any atom is -0.379 e. The topological polar surface area (TPSA) is 66.0 Å². The van der Waals surface area contributed by atoms with Gasteiger partial charge in [-0.05, 0) is 31.1 Å². The van der Waals surface area contributed by atoms with Gasteiger partial charge < -0.3 is 20.3 Å². The van der Waals surface area contributed by atoms with Gasteiger partial charge in [0.15, 0.2) is 0 Å². The first-order chi connectivity index (χ1) is 16.4. The molecule has 0 aliphatic carbocycles. The Hall–Kier alpha value is -3.10. The predicted molar refractivity (Wildman–Crippen MR) is 131 cm³/mol. The van der Waals surface area contributed by atoms with E-state index < -0.39 is 12.1 Å². The SMILES string of the molecule is C1COCCN1.C=C/C=C(\C=C\C)C1=C2CCN(C(=O)c3ccc(C(C)(F)F)cc3)C2N=CN1. The first-order valence-electron chi connectivity index (χ1n) is 11.4. The largest absolute Gasteiger partial charge is 0.379 e. The molecule has 1 amide bonds. The van der Waals surface area contributed by atoms with Crippen molar-refractivity contribution in [3.8, 4) is 0 Å². The van der Waals surface area contributed by atoms with E-state index in [0.717, 1.165) is 50.1 Å². The van der Waals surface area contributed by atoms with Crippen molar-refractivity contribution < 1.29 is 18.3 Å². The quantitative estimate of drug-likeness (QED) is 0.635. The van der Waals surface area contributed by atoms with Gasteiger partial charge >= 0.3 is 0 Å². The number of alkyl halides is 2. The number of allylic oxidation sites excluding steroid dienone is 4. The summed E-state index contributed by atoms with van der Waals surface area (Å²) in [5.74, 6) is -3.15. The van der Waals surface area contributed by atoms with E-state index in [1.54, 1.807) is 17.3 Å². The fourth-order valence-corrected chi connectivity index (χ4v) is 3.97. The van der Waals surface area contributed by atoms with Crippen LogP contribution in [0, 0.1) is 0 Å². The maximum absolute atomic E-state index is 13.4. The molecule has 3 aliphatic heterocycles. The van der Waals surface area contributed by atoms with E-state index in [2.05, 4.69) is 22.2 Å². The molecule has 1 unspecified atom stereocenters. The molecule has 2 N–H and O–H groups in total. The van der Waals surface area contributed by atoms with Crippen molar-refractivity contribution in [2.45, 2.75) is 32.4 Å². The highest BCUT2D eigenvalue weighted by atomic mass is 19.3. The molecule has 0 spiro atoms. The molecule has 1 atom stereocenters. The van der Waals surface area contributed by atoms with Crippen molar-refractivity contribution in [3.05, 3.63) is 83.1 Å². The Kier molecular flexibility index (Phi) is 8.90. The van der Waals surface area contributed by atoms with E-state index in [-0.39, 0.29) is 11.5 Å². The summed E-state index contributed by atoms with van der Waals surface area (Å²) in [6, 6.07) is 5.50. The summed E-state index contributed by atoms with van der Waals surface area (Å²) < 4.78 is 31.8. The third-order valence-corrected chi connectivity index (χ3v) is 5.65. The molecule has 4 rings (SSSR count). The molecule has 0 bridgehead atoms. The highest BCUT2D eigenvalue weighted by Gasteiger charge is 2.36. The minimum absolute atomic E-state index is 0.112. The van der Waals surface area contributed by atoms with Crippen LogP contribution < -0.4 is 10.6 Å². The Morgan fingerprint density at radius 1 is 1.26 bits per heavy atom. The zero-order chi connectivity index (χ0) is 24.6. The molecule has 1 aromatic rings. The number of aliphatic imine (C=N–C) groups is 1. The summed E-state index contributed by atoms with van der Waals surface area (Å²) in [7, 11) is 0. The lowest BCUT2D eigenvalue weighted by Gasteiger charge is -2.26. The third-order valence-electron chi connectivity index (χ3n) is 5.65. The van der Waals surface area contributed by atoms with Crippen molar-refractivity contribution in [2.75, 3.05) is 32.8 Å². The van der Waals surface area contributed by atoms with Gasteiger partial charge in [-0.2, -0.15) is 0 Å². The fourth-order valence-electron chi connectivity index (χ4n) is 3.97. The number of hydrogen-bond acceptors (Lipinski definition) is 5. The Morgan fingerprint density at radius 2 is 1.97 bits per heavy atom. The number of rotatable bonds is 5. The number of carbonyl (C=O) groups excluding carboxylic acids is 1. The predicted octanol–water partition coefficient (Wildman–Crippen LogP) is 4.15. The van der Waals surface area contributed by atoms with Crippen LogP contribution in [-0.2, 0) is 10.7 Å². The molecule has 0 aromatic heterocycles. The number of hydrogen-bond donors (Lipinski definition) is 2. The smallest absolute Gasteiger partial charge is 0.270 e. The lowest BCUT2D eigenvalue weighted by Crippen LogP contribution is -2.38. The number of halogens is 2. The van der Waals surface area contributed by atoms with Gasteiger partial charge in [-0.1, -0.05) is 43.0 Å². The first kappa shape index (κ1) is 25.5. The van der Waals surface area contributed by atoms with Crippen molar-refractivity contribution in [2.24, 2.45) is 4.99 Å². The highest BCUT2D eigenvalue weighted by Crippen LogP contribution is 2.33. The number of nitrogens with one attached hydrogen (secondary N) is 2. The molecule has 182 valence electrons. The van der Waals surface area contributed by atoms with E-state index in [1.807, 2.05) is 25.2 Å². The van der Waals surface area contributed by atoms with Gasteiger partial charge in [0.2, 0.25) is 0 Å². The van der Waals surface area contributed by atoms with Crippen LogP contribution >= 0.6 is 0 Å². The molecule has 2 saturated heterocycles. The van der Waals surface area contributed by atoms with Crippen LogP contribution in [0.25, 0.3) is 0 Å². The van der Waals surface area contributed by atoms with E-state index in [9.17, 15) is 13.6 Å². The van der Waals surface area contributed by atoms with Gasteiger partial charge in [-0.25, -0.2) is 13.8 Å². The Morgan fingerprint density at radius 3 is 2.50 bits per heavy atom. The van der Waals surface area contributed by atoms with E-state index in [0.29, 0.717) is 18.5 Å². The molecule has 3 aliphatic rings. The Balaban J connectivity index is 0.000000469. The van der Waals surface area contributed by atoms with E-state index in [4.69, 9.17) is 4.74 Å². The molecule has 0 saturated carbocycles. The van der Waals surface area contributed by atoms with Crippen LogP contribution in [0.2, 0.25) is 0 Å². The lowest BCUT2D eigenvalue weighted by atomic mass is 10.0. The fraction of sp³-hybridized carbons (Fsp3) is 0.385. The number of morpholine rings is 1. The van der Waals surface area contributed by atoms with Crippen LogP contribution in [0.3, 0.4) is 0 Å². The van der Waals surface area contributed by atoms with Crippen LogP contribution in [0.1, 0.15) is 36.2 Å². The summed E-state index contributed by atoms with van der Waals surface area (Å²) in [6.45, 7) is 10.9. The number of ether oxygens (including phenoxy) is 1. The van der Waals surface area contributed by atoms with Crippen molar-refractivity contribution in [3.63, 3.8) is 0 Å². The minimum atomic E-state index is -2.93. The van der Waals surface area contributed by atoms with E-state index in [1.165, 1.54) is 24.3 Å². The number of carbonyl (C=O) groups is 1. The monoisotopic (exact) mass is 470 g/mol. The van der Waals surface area contributed by atoms with Gasteiger partial charge in [-0.15, -0.1) is 0 Å². The Bertz CT molecular complexity index is 976. The summed E-state index contributed by atoms with van der Waals surface area (Å²) in [4.78, 5) is 19.1. The second-order valence-electron chi connectivity index (χ2n) is 8.13. The number of benzene rings is 1. The summed E-state index contributed by atoms with van der Waals surface area (Å²) in [5, 5.41) is 6.34. The highest BCUT2D eigenvalue weighted by molar-refractivity contribution is 5.95. The summed E-state index contributed by atoms with van der Waals surface area (Å²) in [5.41, 5.74) is 3.18. The zero-order valence-corrected chi connectivity index (χ0v) is 19.7. The lowest BCUT2D eigenvalue weighted by molar-refractivity contribution is 0.0174. The number of likely N-dealkylation sites (tertiary alicyclic amines) is 1. The van der Waals surface area contributed by atoms with Gasteiger partial charge in [-0.3, -0.25) is 4.79 Å². The summed E-state index contributed by atoms with van der Waals surface area (Å²) >= 11 is 0. The van der Waals surface area contributed by atoms with Gasteiger partial charge in [0, 0.05) is 49.0 Å². The molecular weight excluding hydrogens is 438 g/mol. The molecular formula is C26H32F2N4O2. The van der Waals surface area contributed by atoms with Crippen molar-refractivity contribution in [1.29, 1.82) is 0 Å². The Labute approximate surface area is 199 Å². The first-order valence-corrected chi connectivity index (χ1v) is 11.4. The van der Waals surface area contributed by atoms with Crippen LogP contribution in [0.15, 0.2) is 77.0 Å². The number of fused-ring (bicyclic) bond motifs is 1. The molecule has 34 heavy (non-hydrogen) atoms. The van der Waals surface area contributed by atoms with Crippen molar-refractivity contribution in [1.82, 2.24) is 15.5 Å². The maximum atomic E-state index is 13.4. The third kappa shape index (κ3) is 6.27. The van der Waals surface area contributed by atoms with Crippen molar-refractivity contribution >= 4 is 12.2 Å². The molecule has 1 aromatic carbocycles. The zero-order valence-electron chi connectivity index (χ0n) is 19.7. The molecule has 2 fully saturated rings. The van der Waals surface area contributed by atoms with Crippen LogP contribution in [0.5, 0.6) is 0 Å². The normalized spacial score (nSPS) is 20.5. The number of amides is 1. The van der Waals surface area contributed by atoms with E-state index >= 15 is 0 Å². The maximum Gasteiger partial charge on any atom is 0.270 e. The van der Waals surface area contributed by atoms with Gasteiger partial charge in [0.25, 0.3) is 11.8 Å². The average Bonchev–Trinajstić information content (AvgIpc) is 3.29. The molecule has 3 heterocycles. The molecule has 0 radical (unpaired) electrons. The van der Waals surface area contributed by atoms with Crippen LogP contribution in [0.4, 0.5) is 8.78 Å². The van der Waals surface area contributed by atoms with Gasteiger partial charge in [0.05, 0.1) is 19.6 Å². The second-order valence-corrected chi connectivity index (χ2v) is 8.13. The summed E-state index contributed by atoms with van der Waals surface area (Å²) in [6.07, 6.45) is 9.42.